The first-order valence-electron chi connectivity index (χ1n) is 5.31. The molecule has 0 atom stereocenters. The number of thiophene rings is 1. The van der Waals surface area contributed by atoms with Gasteiger partial charge in [0.2, 0.25) is 0 Å². The zero-order chi connectivity index (χ0) is 11.5. The van der Waals surface area contributed by atoms with Gasteiger partial charge in [-0.15, -0.1) is 0 Å². The van der Waals surface area contributed by atoms with E-state index in [1.54, 1.807) is 17.5 Å². The molecule has 0 aliphatic rings. The van der Waals surface area contributed by atoms with E-state index in [-0.39, 0.29) is 0 Å². The maximum absolute atomic E-state index is 4.32. The van der Waals surface area contributed by atoms with Crippen LogP contribution in [0, 0.1) is 11.8 Å². The molecule has 0 aliphatic heterocycles. The Balaban J connectivity index is 2.12. The van der Waals surface area contributed by atoms with E-state index in [1.807, 2.05) is 35.7 Å². The van der Waals surface area contributed by atoms with Crippen molar-refractivity contribution in [2.24, 2.45) is 0 Å². The van der Waals surface area contributed by atoms with Crippen LogP contribution >= 0.6 is 11.3 Å². The molecule has 17 heavy (non-hydrogen) atoms. The normalized spacial score (nSPS) is 9.88. The Morgan fingerprint density at radius 3 is 2.82 bits per heavy atom. The lowest BCUT2D eigenvalue weighted by Crippen LogP contribution is -1.82. The number of para-hydroxylation sites is 1. The van der Waals surface area contributed by atoms with Crippen molar-refractivity contribution in [1.29, 1.82) is 0 Å². The Bertz CT molecular complexity index is 697. The van der Waals surface area contributed by atoms with Gasteiger partial charge in [-0.25, -0.2) is 0 Å². The van der Waals surface area contributed by atoms with Gasteiger partial charge in [0.15, 0.2) is 0 Å². The van der Waals surface area contributed by atoms with Crippen molar-refractivity contribution in [1.82, 2.24) is 4.98 Å². The predicted octanol–water partition coefficient (Wildman–Crippen LogP) is 3.70. The fourth-order valence-electron chi connectivity index (χ4n) is 1.68. The van der Waals surface area contributed by atoms with Gasteiger partial charge < -0.3 is 0 Å². The first kappa shape index (κ1) is 10.1. The van der Waals surface area contributed by atoms with Crippen LogP contribution in [0.3, 0.4) is 0 Å². The van der Waals surface area contributed by atoms with Crippen molar-refractivity contribution in [3.05, 3.63) is 64.5 Å². The van der Waals surface area contributed by atoms with E-state index in [0.717, 1.165) is 22.0 Å². The van der Waals surface area contributed by atoms with Gasteiger partial charge in [0.1, 0.15) is 0 Å². The summed E-state index contributed by atoms with van der Waals surface area (Å²) in [6, 6.07) is 12.1. The molecule has 0 N–H and O–H groups in total. The van der Waals surface area contributed by atoms with Gasteiger partial charge in [-0.1, -0.05) is 30.0 Å². The van der Waals surface area contributed by atoms with Crippen LogP contribution in [-0.2, 0) is 0 Å². The van der Waals surface area contributed by atoms with Crippen molar-refractivity contribution in [3.8, 4) is 11.8 Å². The summed E-state index contributed by atoms with van der Waals surface area (Å²) in [6.45, 7) is 0. The lowest BCUT2D eigenvalue weighted by atomic mass is 10.1. The third-order valence-corrected chi connectivity index (χ3v) is 3.19. The molecule has 0 spiro atoms. The van der Waals surface area contributed by atoms with Crippen LogP contribution in [0.4, 0.5) is 0 Å². The van der Waals surface area contributed by atoms with Gasteiger partial charge in [-0.3, -0.25) is 4.98 Å². The third kappa shape index (κ3) is 2.06. The highest BCUT2D eigenvalue weighted by atomic mass is 32.1. The molecule has 3 rings (SSSR count). The fraction of sp³-hybridized carbons (Fsp3) is 0. The quantitative estimate of drug-likeness (QED) is 0.541. The van der Waals surface area contributed by atoms with Crippen LogP contribution in [0.2, 0.25) is 0 Å². The summed E-state index contributed by atoms with van der Waals surface area (Å²) in [5.74, 6) is 6.37. The molecule has 1 aromatic carbocycles. The fourth-order valence-corrected chi connectivity index (χ4v) is 2.27. The molecule has 0 saturated heterocycles. The summed E-state index contributed by atoms with van der Waals surface area (Å²) in [5.41, 5.74) is 3.09. The third-order valence-electron chi connectivity index (χ3n) is 2.51. The Hall–Kier alpha value is -2.11. The van der Waals surface area contributed by atoms with Crippen molar-refractivity contribution in [3.63, 3.8) is 0 Å². The van der Waals surface area contributed by atoms with Crippen LogP contribution in [0.5, 0.6) is 0 Å². The minimum absolute atomic E-state index is 0.990. The zero-order valence-electron chi connectivity index (χ0n) is 9.05. The van der Waals surface area contributed by atoms with Gasteiger partial charge in [0.05, 0.1) is 5.52 Å². The van der Waals surface area contributed by atoms with Crippen LogP contribution in [-0.4, -0.2) is 4.98 Å². The second kappa shape index (κ2) is 4.40. The van der Waals surface area contributed by atoms with Crippen LogP contribution in [0.25, 0.3) is 10.9 Å². The Morgan fingerprint density at radius 2 is 1.94 bits per heavy atom. The number of fused-ring (bicyclic) bond motifs is 1. The molecule has 0 aliphatic carbocycles. The molecule has 0 unspecified atom stereocenters. The molecular formula is C15H9NS. The number of rotatable bonds is 0. The average Bonchev–Trinajstić information content (AvgIpc) is 2.89. The van der Waals surface area contributed by atoms with E-state index in [0.29, 0.717) is 0 Å². The predicted molar refractivity (Wildman–Crippen MR) is 72.0 cm³/mol. The largest absolute Gasteiger partial charge is 0.256 e. The summed E-state index contributed by atoms with van der Waals surface area (Å²) in [4.78, 5) is 4.32. The Morgan fingerprint density at radius 1 is 1.00 bits per heavy atom. The molecule has 2 heteroatoms. The van der Waals surface area contributed by atoms with Gasteiger partial charge in [0.25, 0.3) is 0 Å². The molecule has 0 bridgehead atoms. The van der Waals surface area contributed by atoms with Crippen LogP contribution in [0.1, 0.15) is 11.1 Å². The van der Waals surface area contributed by atoms with E-state index >= 15 is 0 Å². The number of hydrogen-bond acceptors (Lipinski definition) is 2. The van der Waals surface area contributed by atoms with Crippen molar-refractivity contribution in [2.45, 2.75) is 0 Å². The molecule has 2 aromatic heterocycles. The Kier molecular flexibility index (Phi) is 2.61. The van der Waals surface area contributed by atoms with Gasteiger partial charge in [-0.05, 0) is 23.6 Å². The van der Waals surface area contributed by atoms with Gasteiger partial charge >= 0.3 is 0 Å². The smallest absolute Gasteiger partial charge is 0.0714 e. The standard InChI is InChI=1S/C15H9NS/c1-2-4-15-14(3-1)13(7-9-16-15)6-5-12-8-10-17-11-12/h1-4,7-11H. The molecule has 80 valence electrons. The zero-order valence-corrected chi connectivity index (χ0v) is 9.87. The van der Waals surface area contributed by atoms with E-state index in [2.05, 4.69) is 28.3 Å². The van der Waals surface area contributed by atoms with Crippen LogP contribution < -0.4 is 0 Å². The highest BCUT2D eigenvalue weighted by Gasteiger charge is 1.97. The molecule has 0 radical (unpaired) electrons. The number of hydrogen-bond donors (Lipinski definition) is 0. The van der Waals surface area contributed by atoms with E-state index in [1.165, 1.54) is 0 Å². The van der Waals surface area contributed by atoms with Gasteiger partial charge in [-0.2, -0.15) is 11.3 Å². The first-order valence-corrected chi connectivity index (χ1v) is 6.26. The number of pyridine rings is 1. The molecule has 1 nitrogen and oxygen atoms in total. The highest BCUT2D eigenvalue weighted by molar-refractivity contribution is 7.08. The van der Waals surface area contributed by atoms with E-state index in [9.17, 15) is 0 Å². The summed E-state index contributed by atoms with van der Waals surface area (Å²) in [5, 5.41) is 5.20. The lowest BCUT2D eigenvalue weighted by Gasteiger charge is -1.98. The number of aromatic nitrogens is 1. The topological polar surface area (TPSA) is 12.9 Å². The second-order valence-electron chi connectivity index (χ2n) is 3.64. The van der Waals surface area contributed by atoms with E-state index in [4.69, 9.17) is 0 Å². The molecule has 0 amide bonds. The first-order chi connectivity index (χ1) is 8.43. The lowest BCUT2D eigenvalue weighted by molar-refractivity contribution is 1.40. The molecule has 0 saturated carbocycles. The monoisotopic (exact) mass is 235 g/mol. The SMILES string of the molecule is C(#Cc1ccnc2ccccc12)c1ccsc1. The van der Waals surface area contributed by atoms with Crippen LogP contribution in [0.15, 0.2) is 53.4 Å². The Labute approximate surface area is 104 Å². The average molecular weight is 235 g/mol. The van der Waals surface area contributed by atoms with Gasteiger partial charge in [0, 0.05) is 28.1 Å². The minimum Gasteiger partial charge on any atom is -0.256 e. The van der Waals surface area contributed by atoms with Crippen molar-refractivity contribution >= 4 is 22.2 Å². The summed E-state index contributed by atoms with van der Waals surface area (Å²) >= 11 is 1.66. The molecular weight excluding hydrogens is 226 g/mol. The summed E-state index contributed by atoms with van der Waals surface area (Å²) in [6.07, 6.45) is 1.81. The summed E-state index contributed by atoms with van der Waals surface area (Å²) < 4.78 is 0. The number of nitrogens with zero attached hydrogens (tertiary/aromatic N) is 1. The highest BCUT2D eigenvalue weighted by Crippen LogP contribution is 2.15. The summed E-state index contributed by atoms with van der Waals surface area (Å²) in [7, 11) is 0. The van der Waals surface area contributed by atoms with Crippen molar-refractivity contribution in [2.75, 3.05) is 0 Å². The maximum atomic E-state index is 4.32. The molecule has 3 aromatic rings. The maximum Gasteiger partial charge on any atom is 0.0714 e. The second-order valence-corrected chi connectivity index (χ2v) is 4.42. The van der Waals surface area contributed by atoms with E-state index < -0.39 is 0 Å². The number of benzene rings is 1. The van der Waals surface area contributed by atoms with Crippen molar-refractivity contribution < 1.29 is 0 Å². The molecule has 0 fully saturated rings. The minimum atomic E-state index is 0.990. The molecule has 2 heterocycles.